The molecule has 0 spiro atoms. The number of hydrogen-bond acceptors (Lipinski definition) is 0. The van der Waals surface area contributed by atoms with Crippen molar-refractivity contribution in [1.82, 2.24) is 0 Å². The first kappa shape index (κ1) is 25.4. The minimum atomic E-state index is 1.17. The number of benzene rings is 3. The summed E-state index contributed by atoms with van der Waals surface area (Å²) in [5.41, 5.74) is 2.50. The van der Waals surface area contributed by atoms with Gasteiger partial charge < -0.3 is 0 Å². The number of unbranched alkanes of at least 4 members (excludes halogenated alkanes) is 4. The largest absolute Gasteiger partial charge is 0.0985 e. The average Bonchev–Trinajstić information content (AvgIpc) is 2.78. The van der Waals surface area contributed by atoms with Crippen LogP contribution in [-0.4, -0.2) is 0 Å². The molecule has 0 aliphatic heterocycles. The van der Waals surface area contributed by atoms with E-state index in [1.54, 1.807) is 0 Å². The normalized spacial score (nSPS) is 8.68. The minimum absolute atomic E-state index is 1.17. The summed E-state index contributed by atoms with van der Waals surface area (Å²) in [5, 5.41) is 0. The van der Waals surface area contributed by atoms with Crippen molar-refractivity contribution in [3.05, 3.63) is 115 Å². The zero-order valence-corrected chi connectivity index (χ0v) is 18.1. The Balaban J connectivity index is 0.000000349. The molecule has 0 aliphatic rings. The lowest BCUT2D eigenvalue weighted by Crippen LogP contribution is -1.70. The van der Waals surface area contributed by atoms with Gasteiger partial charge in [-0.15, -0.1) is 0 Å². The van der Waals surface area contributed by atoms with E-state index in [4.69, 9.17) is 0 Å². The van der Waals surface area contributed by atoms with Gasteiger partial charge in [0, 0.05) is 0 Å². The summed E-state index contributed by atoms with van der Waals surface area (Å²) in [6, 6.07) is 32.3. The lowest BCUT2D eigenvalue weighted by molar-refractivity contribution is 0.656. The quantitative estimate of drug-likeness (QED) is 0.391. The van der Waals surface area contributed by atoms with Crippen molar-refractivity contribution >= 4 is 6.08 Å². The Morgan fingerprint density at radius 1 is 0.571 bits per heavy atom. The van der Waals surface area contributed by atoms with Crippen molar-refractivity contribution in [3.8, 4) is 0 Å². The maximum absolute atomic E-state index is 3.63. The number of rotatable bonds is 5. The molecule has 0 atom stereocenters. The molecular weight excluding hydrogens is 336 g/mol. The third kappa shape index (κ3) is 18.2. The lowest BCUT2D eigenvalue weighted by atomic mass is 10.2. The molecule has 3 aromatic carbocycles. The Labute approximate surface area is 174 Å². The van der Waals surface area contributed by atoms with Crippen LogP contribution in [0.2, 0.25) is 0 Å². The Morgan fingerprint density at radius 3 is 1.18 bits per heavy atom. The molecule has 28 heavy (non-hydrogen) atoms. The molecule has 150 valence electrons. The highest BCUT2D eigenvalue weighted by Gasteiger charge is 1.80. The first-order valence-corrected chi connectivity index (χ1v) is 10.4. The zero-order valence-electron chi connectivity index (χ0n) is 18.1. The van der Waals surface area contributed by atoms with Crippen LogP contribution in [0.25, 0.3) is 6.08 Å². The monoisotopic (exact) mass is 374 g/mol. The SMILES string of the molecule is C=Cc1ccccc1.CCCCCCC.Cc1ccccc1.c1ccccc1. The van der Waals surface area contributed by atoms with Crippen molar-refractivity contribution in [1.29, 1.82) is 0 Å². The highest BCUT2D eigenvalue weighted by Crippen LogP contribution is 2.00. The van der Waals surface area contributed by atoms with Crippen LogP contribution < -0.4 is 0 Å². The van der Waals surface area contributed by atoms with Crippen LogP contribution in [0.1, 0.15) is 57.1 Å². The maximum Gasteiger partial charge on any atom is -0.0263 e. The number of hydrogen-bond donors (Lipinski definition) is 0. The molecule has 0 aliphatic carbocycles. The van der Waals surface area contributed by atoms with E-state index >= 15 is 0 Å². The predicted molar refractivity (Wildman–Crippen MR) is 129 cm³/mol. The third-order valence-electron chi connectivity index (χ3n) is 3.85. The summed E-state index contributed by atoms with van der Waals surface area (Å²) in [7, 11) is 0. The van der Waals surface area contributed by atoms with Crippen molar-refractivity contribution in [2.75, 3.05) is 0 Å². The van der Waals surface area contributed by atoms with Crippen LogP contribution in [0.15, 0.2) is 104 Å². The molecule has 0 heteroatoms. The second-order valence-corrected chi connectivity index (χ2v) is 6.48. The van der Waals surface area contributed by atoms with Gasteiger partial charge in [0.15, 0.2) is 0 Å². The molecule has 0 aromatic heterocycles. The second-order valence-electron chi connectivity index (χ2n) is 6.48. The summed E-state index contributed by atoms with van der Waals surface area (Å²) in [5.74, 6) is 0. The lowest BCUT2D eigenvalue weighted by Gasteiger charge is -1.90. The van der Waals surface area contributed by atoms with E-state index in [1.165, 1.54) is 43.2 Å². The molecule has 0 amide bonds. The molecule has 3 aromatic rings. The maximum atomic E-state index is 3.63. The highest BCUT2D eigenvalue weighted by atomic mass is 13.9. The molecule has 0 N–H and O–H groups in total. The van der Waals surface area contributed by atoms with Gasteiger partial charge in [0.05, 0.1) is 0 Å². The van der Waals surface area contributed by atoms with Gasteiger partial charge in [-0.3, -0.25) is 0 Å². The highest BCUT2D eigenvalue weighted by molar-refractivity contribution is 5.45. The van der Waals surface area contributed by atoms with Gasteiger partial charge in [-0.05, 0) is 12.5 Å². The Morgan fingerprint density at radius 2 is 0.929 bits per heavy atom. The summed E-state index contributed by atoms with van der Waals surface area (Å²) < 4.78 is 0. The van der Waals surface area contributed by atoms with Gasteiger partial charge in [0.1, 0.15) is 0 Å². The fourth-order valence-electron chi connectivity index (χ4n) is 2.19. The molecule has 0 saturated heterocycles. The fourth-order valence-corrected chi connectivity index (χ4v) is 2.19. The van der Waals surface area contributed by atoms with Gasteiger partial charge in [0.25, 0.3) is 0 Å². The second kappa shape index (κ2) is 20.7. The van der Waals surface area contributed by atoms with Crippen LogP contribution in [0, 0.1) is 6.92 Å². The van der Waals surface area contributed by atoms with Crippen LogP contribution in [-0.2, 0) is 0 Å². The smallest absolute Gasteiger partial charge is 0.0263 e. The Hall–Kier alpha value is -2.60. The van der Waals surface area contributed by atoms with Gasteiger partial charge in [0.2, 0.25) is 0 Å². The topological polar surface area (TPSA) is 0 Å². The van der Waals surface area contributed by atoms with E-state index in [-0.39, 0.29) is 0 Å². The van der Waals surface area contributed by atoms with Crippen LogP contribution in [0.5, 0.6) is 0 Å². The Bertz CT molecular complexity index is 611. The van der Waals surface area contributed by atoms with Crippen molar-refractivity contribution in [3.63, 3.8) is 0 Å². The molecule has 0 unspecified atom stereocenters. The van der Waals surface area contributed by atoms with Gasteiger partial charge in [-0.2, -0.15) is 0 Å². The van der Waals surface area contributed by atoms with Crippen molar-refractivity contribution < 1.29 is 0 Å². The summed E-state index contributed by atoms with van der Waals surface area (Å²) >= 11 is 0. The van der Waals surface area contributed by atoms with Crippen LogP contribution >= 0.6 is 0 Å². The molecule has 3 rings (SSSR count). The average molecular weight is 375 g/mol. The molecule has 0 radical (unpaired) electrons. The molecular formula is C28H38. The van der Waals surface area contributed by atoms with Gasteiger partial charge in [-0.25, -0.2) is 0 Å². The Kier molecular flexibility index (Phi) is 18.8. The van der Waals surface area contributed by atoms with E-state index in [1.807, 2.05) is 91.0 Å². The van der Waals surface area contributed by atoms with Gasteiger partial charge >= 0.3 is 0 Å². The van der Waals surface area contributed by atoms with Crippen LogP contribution in [0.3, 0.4) is 0 Å². The molecule has 0 saturated carbocycles. The first-order chi connectivity index (χ1) is 13.7. The molecule has 0 bridgehead atoms. The van der Waals surface area contributed by atoms with Crippen LogP contribution in [0.4, 0.5) is 0 Å². The van der Waals surface area contributed by atoms with E-state index in [9.17, 15) is 0 Å². The van der Waals surface area contributed by atoms with Gasteiger partial charge in [-0.1, -0.05) is 161 Å². The van der Waals surface area contributed by atoms with E-state index in [0.29, 0.717) is 0 Å². The van der Waals surface area contributed by atoms with E-state index < -0.39 is 0 Å². The van der Waals surface area contributed by atoms with E-state index in [0.717, 1.165) is 0 Å². The predicted octanol–water partition coefficient (Wildman–Crippen LogP) is 8.99. The molecule has 0 fully saturated rings. The van der Waals surface area contributed by atoms with Crippen molar-refractivity contribution in [2.45, 2.75) is 52.9 Å². The van der Waals surface area contributed by atoms with E-state index in [2.05, 4.69) is 39.5 Å². The zero-order chi connectivity index (χ0) is 20.7. The minimum Gasteiger partial charge on any atom is -0.0985 e. The summed E-state index contributed by atoms with van der Waals surface area (Å²) in [6.07, 6.45) is 8.84. The first-order valence-electron chi connectivity index (χ1n) is 10.4. The third-order valence-corrected chi connectivity index (χ3v) is 3.85. The molecule has 0 nitrogen and oxygen atoms in total. The fraction of sp³-hybridized carbons (Fsp3) is 0.286. The summed E-state index contributed by atoms with van der Waals surface area (Å²) in [4.78, 5) is 0. The van der Waals surface area contributed by atoms with Crippen molar-refractivity contribution in [2.24, 2.45) is 0 Å². The molecule has 0 heterocycles. The summed E-state index contributed by atoms with van der Waals surface area (Å²) in [6.45, 7) is 10.2. The number of aryl methyl sites for hydroxylation is 1. The standard InChI is InChI=1S/C8H8.C7H8.C7H16.C6H6/c1-2-8-6-4-3-5-7-8;1-7-5-3-2-4-6-7;1-3-5-7-6-4-2;1-2-4-6-5-3-1/h2-7H,1H2;2-6H,1H3;3-7H2,1-2H3;1-6H.